The van der Waals surface area contributed by atoms with Gasteiger partial charge in [-0.3, -0.25) is 0 Å². The summed E-state index contributed by atoms with van der Waals surface area (Å²) in [5.41, 5.74) is 0.754. The summed E-state index contributed by atoms with van der Waals surface area (Å²) in [6, 6.07) is 0. The SMILES string of the molecule is COC(=O)C(C)=C(C)[SiH3]. The highest BCUT2D eigenvalue weighted by atomic mass is 28.1. The molecule has 0 N–H and O–H groups in total. The number of hydrogen-bond acceptors (Lipinski definition) is 2. The maximum atomic E-state index is 10.7. The van der Waals surface area contributed by atoms with E-state index in [1.165, 1.54) is 7.11 Å². The largest absolute Gasteiger partial charge is 0.466 e. The van der Waals surface area contributed by atoms with Gasteiger partial charge in [0, 0.05) is 15.8 Å². The maximum Gasteiger partial charge on any atom is 0.332 e. The van der Waals surface area contributed by atoms with Gasteiger partial charge in [-0.05, 0) is 13.8 Å². The van der Waals surface area contributed by atoms with Crippen LogP contribution in [-0.2, 0) is 9.53 Å². The first-order chi connectivity index (χ1) is 4.09. The van der Waals surface area contributed by atoms with Gasteiger partial charge in [0.2, 0.25) is 0 Å². The minimum absolute atomic E-state index is 0.206. The fourth-order valence-corrected chi connectivity index (χ4v) is 0.561. The lowest BCUT2D eigenvalue weighted by atomic mass is 10.3. The van der Waals surface area contributed by atoms with Crippen molar-refractivity contribution in [3.05, 3.63) is 10.8 Å². The van der Waals surface area contributed by atoms with Crippen molar-refractivity contribution in [2.24, 2.45) is 0 Å². The van der Waals surface area contributed by atoms with Gasteiger partial charge in [0.1, 0.15) is 0 Å². The molecule has 2 nitrogen and oxygen atoms in total. The third kappa shape index (κ3) is 2.46. The van der Waals surface area contributed by atoms with E-state index in [9.17, 15) is 4.79 Å². The van der Waals surface area contributed by atoms with Crippen molar-refractivity contribution in [1.82, 2.24) is 0 Å². The summed E-state index contributed by atoms with van der Waals surface area (Å²) < 4.78 is 4.50. The molecule has 0 heterocycles. The van der Waals surface area contributed by atoms with Gasteiger partial charge in [0.25, 0.3) is 0 Å². The zero-order chi connectivity index (χ0) is 7.44. The highest BCUT2D eigenvalue weighted by Crippen LogP contribution is 1.99. The van der Waals surface area contributed by atoms with Crippen molar-refractivity contribution in [3.8, 4) is 0 Å². The van der Waals surface area contributed by atoms with Crippen LogP contribution in [0.3, 0.4) is 0 Å². The minimum Gasteiger partial charge on any atom is -0.466 e. The number of esters is 1. The predicted octanol–water partition coefficient (Wildman–Crippen LogP) is -0.181. The van der Waals surface area contributed by atoms with E-state index in [1.54, 1.807) is 6.92 Å². The van der Waals surface area contributed by atoms with Crippen LogP contribution < -0.4 is 0 Å². The molecule has 0 aliphatic heterocycles. The summed E-state index contributed by atoms with van der Waals surface area (Å²) in [5, 5.41) is 1.14. The smallest absolute Gasteiger partial charge is 0.332 e. The molecule has 0 radical (unpaired) electrons. The molecule has 0 saturated heterocycles. The summed E-state index contributed by atoms with van der Waals surface area (Å²) in [6.45, 7) is 3.73. The van der Waals surface area contributed by atoms with Crippen molar-refractivity contribution in [1.29, 1.82) is 0 Å². The third-order valence-electron chi connectivity index (χ3n) is 1.24. The molecule has 0 rings (SSSR count). The van der Waals surface area contributed by atoms with Gasteiger partial charge < -0.3 is 4.74 Å². The first-order valence-electron chi connectivity index (χ1n) is 2.82. The summed E-state index contributed by atoms with van der Waals surface area (Å²) in [7, 11) is 2.33. The van der Waals surface area contributed by atoms with Crippen molar-refractivity contribution in [3.63, 3.8) is 0 Å². The van der Waals surface area contributed by atoms with Gasteiger partial charge in [-0.25, -0.2) is 4.79 Å². The molecule has 0 aromatic carbocycles. The number of carbonyl (C=O) groups is 1. The molecular weight excluding hydrogens is 132 g/mol. The molecule has 0 spiro atoms. The van der Waals surface area contributed by atoms with Gasteiger partial charge >= 0.3 is 5.97 Å². The molecule has 0 aromatic heterocycles. The molecule has 0 unspecified atom stereocenters. The molecule has 0 saturated carbocycles. The average molecular weight is 144 g/mol. The van der Waals surface area contributed by atoms with E-state index in [0.717, 1.165) is 21.0 Å². The van der Waals surface area contributed by atoms with Crippen LogP contribution in [0.2, 0.25) is 0 Å². The van der Waals surface area contributed by atoms with Gasteiger partial charge in [-0.2, -0.15) is 0 Å². The predicted molar refractivity (Wildman–Crippen MR) is 40.3 cm³/mol. The standard InChI is InChI=1S/C6H12O2Si/c1-4(5(2)9)6(7)8-3/h1-3,9H3. The second-order valence-electron chi connectivity index (χ2n) is 2.12. The Labute approximate surface area is 58.3 Å². The van der Waals surface area contributed by atoms with Crippen molar-refractivity contribution >= 4 is 16.2 Å². The molecular formula is C6H12O2Si. The van der Waals surface area contributed by atoms with Crippen LogP contribution in [0.15, 0.2) is 10.8 Å². The number of hydrogen-bond donors (Lipinski definition) is 0. The zero-order valence-corrected chi connectivity index (χ0v) is 8.32. The van der Waals surface area contributed by atoms with E-state index in [1.807, 2.05) is 6.92 Å². The first-order valence-corrected chi connectivity index (χ1v) is 3.82. The molecule has 0 aromatic rings. The molecule has 9 heavy (non-hydrogen) atoms. The lowest BCUT2D eigenvalue weighted by Crippen LogP contribution is -2.03. The lowest BCUT2D eigenvalue weighted by molar-refractivity contribution is -0.136. The zero-order valence-electron chi connectivity index (χ0n) is 6.32. The van der Waals surface area contributed by atoms with Crippen LogP contribution in [0.4, 0.5) is 0 Å². The van der Waals surface area contributed by atoms with E-state index in [-0.39, 0.29) is 5.97 Å². The molecule has 0 atom stereocenters. The van der Waals surface area contributed by atoms with E-state index in [4.69, 9.17) is 0 Å². The second kappa shape index (κ2) is 3.45. The first kappa shape index (κ1) is 8.43. The maximum absolute atomic E-state index is 10.7. The number of methoxy groups -OCH3 is 1. The quantitative estimate of drug-likeness (QED) is 0.290. The lowest BCUT2D eigenvalue weighted by Gasteiger charge is -1.98. The molecule has 0 fully saturated rings. The van der Waals surface area contributed by atoms with Crippen LogP contribution in [0.25, 0.3) is 0 Å². The van der Waals surface area contributed by atoms with Crippen molar-refractivity contribution < 1.29 is 9.53 Å². The van der Waals surface area contributed by atoms with E-state index in [0.29, 0.717) is 0 Å². The second-order valence-corrected chi connectivity index (χ2v) is 3.62. The van der Waals surface area contributed by atoms with Crippen LogP contribution in [-0.4, -0.2) is 23.3 Å². The Morgan fingerprint density at radius 1 is 1.44 bits per heavy atom. The van der Waals surface area contributed by atoms with Crippen LogP contribution in [0.5, 0.6) is 0 Å². The Morgan fingerprint density at radius 2 is 1.89 bits per heavy atom. The fourth-order valence-electron chi connectivity index (χ4n) is 0.357. The Kier molecular flexibility index (Phi) is 3.23. The van der Waals surface area contributed by atoms with E-state index >= 15 is 0 Å². The van der Waals surface area contributed by atoms with Crippen LogP contribution >= 0.6 is 0 Å². The Bertz CT molecular complexity index is 145. The van der Waals surface area contributed by atoms with Gasteiger partial charge in [-0.1, -0.05) is 5.20 Å². The van der Waals surface area contributed by atoms with E-state index in [2.05, 4.69) is 4.74 Å². The highest BCUT2D eigenvalue weighted by molar-refractivity contribution is 6.23. The molecule has 52 valence electrons. The number of allylic oxidation sites excluding steroid dienone is 1. The fraction of sp³-hybridized carbons (Fsp3) is 0.500. The van der Waals surface area contributed by atoms with Crippen LogP contribution in [0.1, 0.15) is 13.8 Å². The summed E-state index contributed by atoms with van der Waals surface area (Å²) in [5.74, 6) is -0.206. The molecule has 0 aliphatic carbocycles. The highest BCUT2D eigenvalue weighted by Gasteiger charge is 2.02. The summed E-state index contributed by atoms with van der Waals surface area (Å²) in [4.78, 5) is 10.7. The molecule has 0 amide bonds. The van der Waals surface area contributed by atoms with Gasteiger partial charge in [0.05, 0.1) is 7.11 Å². The molecule has 0 aliphatic rings. The monoisotopic (exact) mass is 144 g/mol. The van der Waals surface area contributed by atoms with Crippen molar-refractivity contribution in [2.75, 3.05) is 7.11 Å². The van der Waals surface area contributed by atoms with Gasteiger partial charge in [0.15, 0.2) is 0 Å². The van der Waals surface area contributed by atoms with Crippen molar-refractivity contribution in [2.45, 2.75) is 13.8 Å². The van der Waals surface area contributed by atoms with E-state index < -0.39 is 0 Å². The Morgan fingerprint density at radius 3 is 2.00 bits per heavy atom. The average Bonchev–Trinajstić information content (AvgIpc) is 1.84. The molecule has 3 heteroatoms. The number of carbonyl (C=O) groups excluding carboxylic acids is 1. The van der Waals surface area contributed by atoms with Crippen LogP contribution in [0, 0.1) is 0 Å². The number of ether oxygens (including phenoxy) is 1. The molecule has 0 bridgehead atoms. The normalized spacial score (nSPS) is 12.8. The minimum atomic E-state index is -0.206. The Hall–Kier alpha value is -0.573. The summed E-state index contributed by atoms with van der Waals surface area (Å²) >= 11 is 0. The Balaban J connectivity index is 4.21. The third-order valence-corrected chi connectivity index (χ3v) is 1.99. The number of rotatable bonds is 1. The van der Waals surface area contributed by atoms with Gasteiger partial charge in [-0.15, -0.1) is 0 Å². The summed E-state index contributed by atoms with van der Waals surface area (Å²) in [6.07, 6.45) is 0. The topological polar surface area (TPSA) is 26.3 Å².